The summed E-state index contributed by atoms with van der Waals surface area (Å²) in [4.78, 5) is 2.61. The van der Waals surface area contributed by atoms with Crippen molar-refractivity contribution in [1.82, 2.24) is 15.5 Å². The summed E-state index contributed by atoms with van der Waals surface area (Å²) in [5.74, 6) is 0. The molecule has 0 aromatic carbocycles. The molecular weight excluding hydrogens is 198 g/mol. The molecule has 0 radical (unpaired) electrons. The lowest BCUT2D eigenvalue weighted by molar-refractivity contribution is 0.284. The van der Waals surface area contributed by atoms with Crippen LogP contribution in [0.25, 0.3) is 0 Å². The average Bonchev–Trinajstić information content (AvgIpc) is 2.51. The van der Waals surface area contributed by atoms with Crippen molar-refractivity contribution in [1.29, 1.82) is 0 Å². The van der Waals surface area contributed by atoms with Crippen LogP contribution in [0, 0.1) is 0 Å². The lowest BCUT2D eigenvalue weighted by atomic mass is 10.2. The lowest BCUT2D eigenvalue weighted by Gasteiger charge is -2.19. The molecular formula is C13H29N3. The predicted octanol–water partition coefficient (Wildman–Crippen LogP) is 1.45. The second-order valence-corrected chi connectivity index (χ2v) is 5.11. The first kappa shape index (κ1) is 13.9. The van der Waals surface area contributed by atoms with E-state index in [4.69, 9.17) is 0 Å². The molecule has 1 heterocycles. The third-order valence-electron chi connectivity index (χ3n) is 3.16. The van der Waals surface area contributed by atoms with E-state index in [-0.39, 0.29) is 0 Å². The summed E-state index contributed by atoms with van der Waals surface area (Å²) < 4.78 is 0. The Labute approximate surface area is 101 Å². The zero-order chi connectivity index (χ0) is 11.6. The minimum absolute atomic E-state index is 0.604. The molecule has 2 N–H and O–H groups in total. The van der Waals surface area contributed by atoms with Crippen LogP contribution in [0.3, 0.4) is 0 Å². The summed E-state index contributed by atoms with van der Waals surface area (Å²) in [7, 11) is 0. The minimum atomic E-state index is 0.604. The van der Waals surface area contributed by atoms with Gasteiger partial charge in [0.05, 0.1) is 0 Å². The van der Waals surface area contributed by atoms with Crippen molar-refractivity contribution < 1.29 is 0 Å². The van der Waals surface area contributed by atoms with Gasteiger partial charge in [0.2, 0.25) is 0 Å². The molecule has 96 valence electrons. The maximum atomic E-state index is 3.50. The smallest absolute Gasteiger partial charge is 0.0107 e. The summed E-state index contributed by atoms with van der Waals surface area (Å²) >= 11 is 0. The molecule has 0 aromatic rings. The van der Waals surface area contributed by atoms with Crippen LogP contribution >= 0.6 is 0 Å². The van der Waals surface area contributed by atoms with Gasteiger partial charge in [-0.3, -0.25) is 0 Å². The van der Waals surface area contributed by atoms with E-state index in [0.29, 0.717) is 6.04 Å². The Kier molecular flexibility index (Phi) is 7.81. The number of hydrogen-bond acceptors (Lipinski definition) is 3. The SMILES string of the molecule is CC(C)NCCNCCN1CCCCCC1. The Bertz CT molecular complexity index is 151. The summed E-state index contributed by atoms with van der Waals surface area (Å²) in [6, 6.07) is 0.604. The molecule has 3 heteroatoms. The summed E-state index contributed by atoms with van der Waals surface area (Å²) in [5, 5.41) is 6.92. The van der Waals surface area contributed by atoms with Gasteiger partial charge in [-0.25, -0.2) is 0 Å². The van der Waals surface area contributed by atoms with Gasteiger partial charge in [0, 0.05) is 32.2 Å². The molecule has 1 fully saturated rings. The summed E-state index contributed by atoms with van der Waals surface area (Å²) in [6.45, 7) is 11.5. The van der Waals surface area contributed by atoms with Gasteiger partial charge >= 0.3 is 0 Å². The molecule has 16 heavy (non-hydrogen) atoms. The fourth-order valence-corrected chi connectivity index (χ4v) is 2.17. The van der Waals surface area contributed by atoms with E-state index in [9.17, 15) is 0 Å². The lowest BCUT2D eigenvalue weighted by Crippen LogP contribution is -2.36. The number of nitrogens with one attached hydrogen (secondary N) is 2. The van der Waals surface area contributed by atoms with Gasteiger partial charge in [-0.1, -0.05) is 26.7 Å². The van der Waals surface area contributed by atoms with Crippen LogP contribution < -0.4 is 10.6 Å². The Morgan fingerprint density at radius 3 is 2.25 bits per heavy atom. The molecule has 0 amide bonds. The van der Waals surface area contributed by atoms with Crippen LogP contribution in [0.5, 0.6) is 0 Å². The molecule has 1 aliphatic heterocycles. The van der Waals surface area contributed by atoms with Crippen molar-refractivity contribution >= 4 is 0 Å². The van der Waals surface area contributed by atoms with E-state index in [1.165, 1.54) is 45.3 Å². The highest BCUT2D eigenvalue weighted by Gasteiger charge is 2.07. The van der Waals surface area contributed by atoms with Crippen molar-refractivity contribution in [3.05, 3.63) is 0 Å². The van der Waals surface area contributed by atoms with Crippen LogP contribution in [0.15, 0.2) is 0 Å². The number of nitrogens with zero attached hydrogens (tertiary/aromatic N) is 1. The van der Waals surface area contributed by atoms with E-state index in [0.717, 1.165) is 19.6 Å². The second-order valence-electron chi connectivity index (χ2n) is 5.11. The second kappa shape index (κ2) is 8.97. The highest BCUT2D eigenvalue weighted by Crippen LogP contribution is 2.08. The molecule has 1 saturated heterocycles. The number of rotatable bonds is 7. The van der Waals surface area contributed by atoms with Crippen molar-refractivity contribution in [3.63, 3.8) is 0 Å². The maximum absolute atomic E-state index is 3.50. The van der Waals surface area contributed by atoms with Gasteiger partial charge in [-0.15, -0.1) is 0 Å². The third kappa shape index (κ3) is 7.20. The van der Waals surface area contributed by atoms with Crippen molar-refractivity contribution in [3.8, 4) is 0 Å². The van der Waals surface area contributed by atoms with Gasteiger partial charge in [0.1, 0.15) is 0 Å². The monoisotopic (exact) mass is 227 g/mol. The maximum Gasteiger partial charge on any atom is 0.0107 e. The predicted molar refractivity (Wildman–Crippen MR) is 70.9 cm³/mol. The van der Waals surface area contributed by atoms with Crippen molar-refractivity contribution in [2.75, 3.05) is 39.3 Å². The molecule has 1 aliphatic rings. The molecule has 0 bridgehead atoms. The average molecular weight is 227 g/mol. The largest absolute Gasteiger partial charge is 0.314 e. The van der Waals surface area contributed by atoms with E-state index in [1.54, 1.807) is 0 Å². The Morgan fingerprint density at radius 2 is 1.62 bits per heavy atom. The van der Waals surface area contributed by atoms with E-state index >= 15 is 0 Å². The standard InChI is InChI=1S/C13H29N3/c1-13(2)15-8-7-14-9-12-16-10-5-3-4-6-11-16/h13-15H,3-12H2,1-2H3. The zero-order valence-electron chi connectivity index (χ0n) is 11.1. The zero-order valence-corrected chi connectivity index (χ0v) is 11.1. The molecule has 0 atom stereocenters. The summed E-state index contributed by atoms with van der Waals surface area (Å²) in [5.41, 5.74) is 0. The highest BCUT2D eigenvalue weighted by molar-refractivity contribution is 4.65. The van der Waals surface area contributed by atoms with Gasteiger partial charge in [-0.05, 0) is 25.9 Å². The summed E-state index contributed by atoms with van der Waals surface area (Å²) in [6.07, 6.45) is 5.66. The molecule has 1 rings (SSSR count). The molecule has 0 unspecified atom stereocenters. The number of hydrogen-bond donors (Lipinski definition) is 2. The van der Waals surface area contributed by atoms with Crippen LogP contribution in [0.1, 0.15) is 39.5 Å². The first-order valence-corrected chi connectivity index (χ1v) is 6.95. The Hall–Kier alpha value is -0.120. The fourth-order valence-electron chi connectivity index (χ4n) is 2.17. The normalized spacial score (nSPS) is 18.9. The quantitative estimate of drug-likeness (QED) is 0.645. The molecule has 0 aliphatic carbocycles. The van der Waals surface area contributed by atoms with Crippen LogP contribution in [0.4, 0.5) is 0 Å². The van der Waals surface area contributed by atoms with Gasteiger partial charge < -0.3 is 15.5 Å². The van der Waals surface area contributed by atoms with Gasteiger partial charge in [0.25, 0.3) is 0 Å². The topological polar surface area (TPSA) is 27.3 Å². The van der Waals surface area contributed by atoms with E-state index < -0.39 is 0 Å². The minimum Gasteiger partial charge on any atom is -0.314 e. The first-order chi connectivity index (χ1) is 7.79. The molecule has 0 aromatic heterocycles. The Balaban J connectivity index is 1.89. The Morgan fingerprint density at radius 1 is 0.938 bits per heavy atom. The third-order valence-corrected chi connectivity index (χ3v) is 3.16. The molecule has 0 spiro atoms. The van der Waals surface area contributed by atoms with Crippen LogP contribution in [0.2, 0.25) is 0 Å². The van der Waals surface area contributed by atoms with Crippen LogP contribution in [-0.4, -0.2) is 50.2 Å². The van der Waals surface area contributed by atoms with Crippen molar-refractivity contribution in [2.24, 2.45) is 0 Å². The van der Waals surface area contributed by atoms with E-state index in [1.807, 2.05) is 0 Å². The van der Waals surface area contributed by atoms with Gasteiger partial charge in [-0.2, -0.15) is 0 Å². The first-order valence-electron chi connectivity index (χ1n) is 6.95. The van der Waals surface area contributed by atoms with Crippen LogP contribution in [-0.2, 0) is 0 Å². The highest BCUT2D eigenvalue weighted by atomic mass is 15.1. The molecule has 0 saturated carbocycles. The van der Waals surface area contributed by atoms with E-state index in [2.05, 4.69) is 29.4 Å². The van der Waals surface area contributed by atoms with Gasteiger partial charge in [0.15, 0.2) is 0 Å². The molecule has 3 nitrogen and oxygen atoms in total. The van der Waals surface area contributed by atoms with Crippen molar-refractivity contribution in [2.45, 2.75) is 45.6 Å². The number of likely N-dealkylation sites (tertiary alicyclic amines) is 1. The fraction of sp³-hybridized carbons (Fsp3) is 1.00.